The molecule has 0 saturated heterocycles. The molecule has 0 rings (SSSR count). The van der Waals surface area contributed by atoms with E-state index < -0.39 is 18.2 Å². The lowest BCUT2D eigenvalue weighted by Gasteiger charge is -2.23. The molecule has 65 heavy (non-hydrogen) atoms. The molecule has 0 aromatic rings. The Kier molecular flexibility index (Phi) is 47.9. The third-order valence-corrected chi connectivity index (χ3v) is 10.9. The second-order valence-electron chi connectivity index (χ2n) is 17.0. The van der Waals surface area contributed by atoms with Gasteiger partial charge in [-0.15, -0.1) is 0 Å². The molecule has 0 fully saturated rings. The lowest BCUT2D eigenvalue weighted by Crippen LogP contribution is -2.46. The van der Waals surface area contributed by atoms with Crippen LogP contribution < -0.4 is 5.32 Å². The molecular formula is C59H95NO5. The molecule has 6 nitrogen and oxygen atoms in total. The maximum absolute atomic E-state index is 13.2. The zero-order valence-electron chi connectivity index (χ0n) is 41.6. The van der Waals surface area contributed by atoms with Crippen LogP contribution in [0.4, 0.5) is 0 Å². The normalized spacial score (nSPS) is 14.4. The zero-order chi connectivity index (χ0) is 47.4. The average Bonchev–Trinajstić information content (AvgIpc) is 3.30. The molecule has 3 atom stereocenters. The molecule has 366 valence electrons. The fourth-order valence-corrected chi connectivity index (χ4v) is 7.01. The molecule has 0 aliphatic heterocycles. The highest BCUT2D eigenvalue weighted by Crippen LogP contribution is 2.15. The molecule has 0 saturated carbocycles. The molecule has 0 spiro atoms. The van der Waals surface area contributed by atoms with Gasteiger partial charge in [0.25, 0.3) is 0 Å². The molecule has 3 N–H and O–H groups in total. The van der Waals surface area contributed by atoms with E-state index in [-0.39, 0.29) is 31.3 Å². The van der Waals surface area contributed by atoms with Crippen LogP contribution in [-0.4, -0.2) is 46.9 Å². The first-order chi connectivity index (χ1) is 32.0. The molecular weight excluding hydrogens is 803 g/mol. The lowest BCUT2D eigenvalue weighted by molar-refractivity contribution is -0.148. The van der Waals surface area contributed by atoms with Crippen molar-refractivity contribution in [2.75, 3.05) is 6.61 Å². The number of aliphatic hydroxyl groups is 2. The summed E-state index contributed by atoms with van der Waals surface area (Å²) in [5.74, 6) is -0.693. The SMILES string of the molecule is CC\C=C/C=C/C=C/C=C\C=C\C=C\CCCCCC(=O)OC(/C=C/C/C=C/C/C=C/C/C=C/C/C=C/CC)CC(=O)NC(CO)C(O)CCCCCCCCCCCCCCCCC. The average molecular weight is 898 g/mol. The summed E-state index contributed by atoms with van der Waals surface area (Å²) in [6.07, 6.45) is 72.5. The standard InChI is InChI=1S/C59H95NO5/c1-4-7-10-13-16-19-22-25-28-29-31-34-37-40-43-46-49-52-59(64)65-55(50-47-44-41-38-35-32-27-24-21-18-15-12-9-6-3)53-58(63)60-56(54-61)57(62)51-48-45-42-39-36-33-30-26-23-20-17-14-11-8-5-2/h7,9-10,12-13,16,18-19,21-22,25,27-29,31-32,34,37-38,41,47,50,55-57,61-62H,4-6,8,11,14-15,17,20,23-24,26,30,33,35-36,39-40,42-46,48-49,51-54H2,1-3H3,(H,60,63)/b10-7-,12-9+,16-13+,21-18+,22-19+,28-25-,31-29+,32-27+,37-34+,41-38+,50-47+. The number of carbonyl (C=O) groups excluding carboxylic acids is 2. The molecule has 1 amide bonds. The predicted molar refractivity (Wildman–Crippen MR) is 282 cm³/mol. The number of nitrogens with one attached hydrogen (secondary N) is 1. The summed E-state index contributed by atoms with van der Waals surface area (Å²) in [6, 6.07) is -0.761. The van der Waals surface area contributed by atoms with Gasteiger partial charge in [-0.3, -0.25) is 9.59 Å². The van der Waals surface area contributed by atoms with Crippen molar-refractivity contribution in [1.29, 1.82) is 0 Å². The molecule has 0 aliphatic rings. The van der Waals surface area contributed by atoms with Crippen molar-refractivity contribution in [3.63, 3.8) is 0 Å². The first kappa shape index (κ1) is 61.0. The van der Waals surface area contributed by atoms with Crippen LogP contribution >= 0.6 is 0 Å². The van der Waals surface area contributed by atoms with Crippen molar-refractivity contribution < 1.29 is 24.5 Å². The maximum Gasteiger partial charge on any atom is 0.306 e. The summed E-state index contributed by atoms with van der Waals surface area (Å²) in [6.45, 7) is 6.17. The first-order valence-corrected chi connectivity index (χ1v) is 26.0. The second kappa shape index (κ2) is 51.0. The van der Waals surface area contributed by atoms with Gasteiger partial charge in [0.15, 0.2) is 0 Å². The van der Waals surface area contributed by atoms with E-state index in [1.807, 2.05) is 66.8 Å². The number of unbranched alkanes of at least 4 members (excludes halogenated alkanes) is 17. The first-order valence-electron chi connectivity index (χ1n) is 26.0. The van der Waals surface area contributed by atoms with Crippen LogP contribution in [0.2, 0.25) is 0 Å². The fourth-order valence-electron chi connectivity index (χ4n) is 7.01. The second-order valence-corrected chi connectivity index (χ2v) is 17.0. The van der Waals surface area contributed by atoms with E-state index in [1.165, 1.54) is 77.0 Å². The number of esters is 1. The Balaban J connectivity index is 4.82. The highest BCUT2D eigenvalue weighted by molar-refractivity contribution is 5.78. The van der Waals surface area contributed by atoms with Gasteiger partial charge >= 0.3 is 5.97 Å². The Morgan fingerprint density at radius 3 is 1.42 bits per heavy atom. The summed E-state index contributed by atoms with van der Waals surface area (Å²) in [7, 11) is 0. The van der Waals surface area contributed by atoms with Crippen LogP contribution in [0.25, 0.3) is 0 Å². The number of hydrogen-bond acceptors (Lipinski definition) is 5. The molecule has 0 aromatic carbocycles. The van der Waals surface area contributed by atoms with Crippen LogP contribution in [0, 0.1) is 0 Å². The van der Waals surface area contributed by atoms with Crippen LogP contribution in [0.1, 0.15) is 201 Å². The van der Waals surface area contributed by atoms with Crippen LogP contribution in [0.15, 0.2) is 134 Å². The van der Waals surface area contributed by atoms with E-state index in [9.17, 15) is 19.8 Å². The van der Waals surface area contributed by atoms with Crippen LogP contribution in [-0.2, 0) is 14.3 Å². The van der Waals surface area contributed by atoms with Crippen molar-refractivity contribution in [3.05, 3.63) is 134 Å². The number of rotatable bonds is 44. The Bertz CT molecular complexity index is 1420. The maximum atomic E-state index is 13.2. The van der Waals surface area contributed by atoms with Gasteiger partial charge in [0.05, 0.1) is 25.2 Å². The monoisotopic (exact) mass is 898 g/mol. The van der Waals surface area contributed by atoms with Crippen molar-refractivity contribution in [1.82, 2.24) is 5.32 Å². The van der Waals surface area contributed by atoms with Crippen molar-refractivity contribution in [2.24, 2.45) is 0 Å². The van der Waals surface area contributed by atoms with Gasteiger partial charge < -0.3 is 20.3 Å². The molecule has 0 bridgehead atoms. The van der Waals surface area contributed by atoms with E-state index >= 15 is 0 Å². The molecule has 0 aromatic heterocycles. The Morgan fingerprint density at radius 2 is 0.923 bits per heavy atom. The Morgan fingerprint density at radius 1 is 0.492 bits per heavy atom. The summed E-state index contributed by atoms with van der Waals surface area (Å²) >= 11 is 0. The highest BCUT2D eigenvalue weighted by Gasteiger charge is 2.23. The summed E-state index contributed by atoms with van der Waals surface area (Å²) < 4.78 is 5.80. The van der Waals surface area contributed by atoms with Crippen molar-refractivity contribution in [2.45, 2.75) is 219 Å². The summed E-state index contributed by atoms with van der Waals surface area (Å²) in [4.78, 5) is 26.1. The number of carbonyl (C=O) groups is 2. The van der Waals surface area contributed by atoms with Crippen LogP contribution in [0.3, 0.4) is 0 Å². The van der Waals surface area contributed by atoms with Gasteiger partial charge in [-0.2, -0.15) is 0 Å². The van der Waals surface area contributed by atoms with Gasteiger partial charge in [-0.05, 0) is 70.3 Å². The zero-order valence-corrected chi connectivity index (χ0v) is 41.6. The molecule has 0 heterocycles. The van der Waals surface area contributed by atoms with Gasteiger partial charge in [-0.1, -0.05) is 251 Å². The Hall–Kier alpha value is -4.00. The summed E-state index contributed by atoms with van der Waals surface area (Å²) in [5, 5.41) is 23.7. The minimum atomic E-state index is -0.837. The molecule has 3 unspecified atom stereocenters. The third-order valence-electron chi connectivity index (χ3n) is 10.9. The van der Waals surface area contributed by atoms with Crippen LogP contribution in [0.5, 0.6) is 0 Å². The van der Waals surface area contributed by atoms with Crippen molar-refractivity contribution >= 4 is 11.9 Å². The predicted octanol–water partition coefficient (Wildman–Crippen LogP) is 15.8. The quantitative estimate of drug-likeness (QED) is 0.0245. The number of ether oxygens (including phenoxy) is 1. The third kappa shape index (κ3) is 46.3. The van der Waals surface area contributed by atoms with E-state index in [0.29, 0.717) is 19.3 Å². The van der Waals surface area contributed by atoms with Gasteiger partial charge in [-0.25, -0.2) is 0 Å². The van der Waals surface area contributed by atoms with E-state index in [2.05, 4.69) is 86.8 Å². The van der Waals surface area contributed by atoms with Gasteiger partial charge in [0.2, 0.25) is 5.91 Å². The number of hydrogen-bond donors (Lipinski definition) is 3. The topological polar surface area (TPSA) is 95.9 Å². The minimum Gasteiger partial charge on any atom is -0.458 e. The highest BCUT2D eigenvalue weighted by atomic mass is 16.5. The van der Waals surface area contributed by atoms with Gasteiger partial charge in [0.1, 0.15) is 6.10 Å². The van der Waals surface area contributed by atoms with Crippen molar-refractivity contribution in [3.8, 4) is 0 Å². The van der Waals surface area contributed by atoms with E-state index in [1.54, 1.807) is 6.08 Å². The molecule has 6 heteroatoms. The smallest absolute Gasteiger partial charge is 0.306 e. The fraction of sp³-hybridized carbons (Fsp3) is 0.593. The Labute approximate surface area is 399 Å². The minimum absolute atomic E-state index is 0.0733. The summed E-state index contributed by atoms with van der Waals surface area (Å²) in [5.41, 5.74) is 0. The number of aliphatic hydroxyl groups excluding tert-OH is 2. The van der Waals surface area contributed by atoms with E-state index in [0.717, 1.165) is 70.6 Å². The lowest BCUT2D eigenvalue weighted by atomic mass is 10.0. The molecule has 0 aliphatic carbocycles. The molecule has 0 radical (unpaired) electrons. The van der Waals surface area contributed by atoms with Gasteiger partial charge in [0, 0.05) is 6.42 Å². The number of allylic oxidation sites excluding steroid dienone is 21. The largest absolute Gasteiger partial charge is 0.458 e. The van der Waals surface area contributed by atoms with E-state index in [4.69, 9.17) is 4.74 Å². The number of amides is 1.